The Hall–Kier alpha value is -2.24. The normalized spacial score (nSPS) is 15.9. The Morgan fingerprint density at radius 3 is 2.12 bits per heavy atom. The molecule has 0 bridgehead atoms. The third-order valence-corrected chi connectivity index (χ3v) is 6.76. The molecule has 1 saturated heterocycles. The standard InChI is InChI=1S/C27H28ClN3O.2ClH/c28-24-9-6-22(7-10-24)19-29-14-16-30(17-15-29)25-11-12-26-23(18-25)8-13-27(32)31(26)20-21-4-2-1-3-5-21;;/h1-7,9-12,18H,8,13-17,19-20H2;2*1H. The van der Waals surface area contributed by atoms with Crippen LogP contribution in [0.25, 0.3) is 0 Å². The lowest BCUT2D eigenvalue weighted by Gasteiger charge is -2.37. The Morgan fingerprint density at radius 2 is 1.41 bits per heavy atom. The van der Waals surface area contributed by atoms with E-state index in [0.717, 1.165) is 55.4 Å². The first-order valence-electron chi connectivity index (χ1n) is 11.3. The van der Waals surface area contributed by atoms with E-state index in [2.05, 4.69) is 52.3 Å². The molecule has 0 N–H and O–H groups in total. The molecule has 1 amide bonds. The van der Waals surface area contributed by atoms with E-state index in [-0.39, 0.29) is 30.7 Å². The summed E-state index contributed by atoms with van der Waals surface area (Å²) in [5.41, 5.74) is 6.08. The predicted molar refractivity (Wildman–Crippen MR) is 146 cm³/mol. The number of nitrogens with zero attached hydrogens (tertiary/aromatic N) is 3. The van der Waals surface area contributed by atoms with Crippen LogP contribution in [-0.4, -0.2) is 37.0 Å². The van der Waals surface area contributed by atoms with Crippen molar-refractivity contribution in [3.63, 3.8) is 0 Å². The molecule has 180 valence electrons. The van der Waals surface area contributed by atoms with Crippen LogP contribution in [0.15, 0.2) is 72.8 Å². The second-order valence-corrected chi connectivity index (χ2v) is 9.10. The Balaban J connectivity index is 0.00000162. The van der Waals surface area contributed by atoms with Gasteiger partial charge in [0.25, 0.3) is 0 Å². The number of hydrogen-bond acceptors (Lipinski definition) is 3. The molecule has 0 unspecified atom stereocenters. The minimum absolute atomic E-state index is 0. The average molecular weight is 519 g/mol. The van der Waals surface area contributed by atoms with Gasteiger partial charge in [-0.05, 0) is 53.4 Å². The number of carbonyl (C=O) groups excluding carboxylic acids is 1. The third kappa shape index (κ3) is 6.05. The van der Waals surface area contributed by atoms with E-state index < -0.39 is 0 Å². The number of aryl methyl sites for hydroxylation is 1. The van der Waals surface area contributed by atoms with Crippen LogP contribution in [-0.2, 0) is 24.3 Å². The number of hydrogen-bond donors (Lipinski definition) is 0. The van der Waals surface area contributed by atoms with Gasteiger partial charge in [0.1, 0.15) is 0 Å². The molecular weight excluding hydrogens is 489 g/mol. The van der Waals surface area contributed by atoms with E-state index in [1.807, 2.05) is 35.2 Å². The van der Waals surface area contributed by atoms with Crippen molar-refractivity contribution >= 4 is 53.7 Å². The molecule has 0 aliphatic carbocycles. The summed E-state index contributed by atoms with van der Waals surface area (Å²) in [6, 6.07) is 25.0. The van der Waals surface area contributed by atoms with Gasteiger partial charge in [-0.2, -0.15) is 0 Å². The topological polar surface area (TPSA) is 26.8 Å². The molecule has 3 aromatic carbocycles. The Labute approximate surface area is 219 Å². The molecule has 0 atom stereocenters. The van der Waals surface area contributed by atoms with E-state index in [1.165, 1.54) is 16.8 Å². The fourth-order valence-electron chi connectivity index (χ4n) is 4.69. The van der Waals surface area contributed by atoms with Crippen molar-refractivity contribution < 1.29 is 4.79 Å². The number of piperazine rings is 1. The summed E-state index contributed by atoms with van der Waals surface area (Å²) in [4.78, 5) is 19.6. The van der Waals surface area contributed by atoms with E-state index in [4.69, 9.17) is 11.6 Å². The molecular formula is C27H30Cl3N3O. The van der Waals surface area contributed by atoms with Gasteiger partial charge in [0.05, 0.1) is 6.54 Å². The lowest BCUT2D eigenvalue weighted by molar-refractivity contribution is -0.119. The number of fused-ring (bicyclic) bond motifs is 1. The van der Waals surface area contributed by atoms with Gasteiger partial charge in [0.2, 0.25) is 5.91 Å². The third-order valence-electron chi connectivity index (χ3n) is 6.50. The minimum atomic E-state index is 0. The highest BCUT2D eigenvalue weighted by molar-refractivity contribution is 6.30. The maximum atomic E-state index is 12.7. The van der Waals surface area contributed by atoms with Crippen LogP contribution >= 0.6 is 36.4 Å². The predicted octanol–water partition coefficient (Wildman–Crippen LogP) is 5.99. The highest BCUT2D eigenvalue weighted by Crippen LogP contribution is 2.33. The fraction of sp³-hybridized carbons (Fsp3) is 0.296. The van der Waals surface area contributed by atoms with Crippen LogP contribution in [0.5, 0.6) is 0 Å². The summed E-state index contributed by atoms with van der Waals surface area (Å²) >= 11 is 6.01. The SMILES string of the molecule is Cl.Cl.O=C1CCc2cc(N3CCN(Cc4ccc(Cl)cc4)CC3)ccc2N1Cc1ccccc1. The van der Waals surface area contributed by atoms with E-state index in [9.17, 15) is 4.79 Å². The molecule has 5 rings (SSSR count). The zero-order valence-electron chi connectivity index (χ0n) is 19.0. The van der Waals surface area contributed by atoms with Crippen molar-refractivity contribution in [2.24, 2.45) is 0 Å². The van der Waals surface area contributed by atoms with Crippen LogP contribution in [0.4, 0.5) is 11.4 Å². The minimum Gasteiger partial charge on any atom is -0.369 e. The van der Waals surface area contributed by atoms with Crippen molar-refractivity contribution in [2.75, 3.05) is 36.0 Å². The van der Waals surface area contributed by atoms with Gasteiger partial charge in [0, 0.05) is 55.5 Å². The number of rotatable bonds is 5. The monoisotopic (exact) mass is 517 g/mol. The first kappa shape index (κ1) is 26.4. The van der Waals surface area contributed by atoms with Gasteiger partial charge >= 0.3 is 0 Å². The van der Waals surface area contributed by atoms with Gasteiger partial charge in [-0.1, -0.05) is 54.1 Å². The molecule has 2 aliphatic heterocycles. The van der Waals surface area contributed by atoms with Gasteiger partial charge in [0.15, 0.2) is 0 Å². The van der Waals surface area contributed by atoms with Gasteiger partial charge in [-0.25, -0.2) is 0 Å². The quantitative estimate of drug-likeness (QED) is 0.415. The number of benzene rings is 3. The van der Waals surface area contributed by atoms with Gasteiger partial charge in [-0.3, -0.25) is 9.69 Å². The largest absolute Gasteiger partial charge is 0.369 e. The molecule has 0 saturated carbocycles. The summed E-state index contributed by atoms with van der Waals surface area (Å²) < 4.78 is 0. The molecule has 2 heterocycles. The molecule has 34 heavy (non-hydrogen) atoms. The maximum Gasteiger partial charge on any atom is 0.227 e. The molecule has 0 spiro atoms. The molecule has 0 aromatic heterocycles. The van der Waals surface area contributed by atoms with Gasteiger partial charge < -0.3 is 9.80 Å². The highest BCUT2D eigenvalue weighted by atomic mass is 35.5. The Bertz CT molecular complexity index is 1080. The number of amides is 1. The number of halogens is 3. The van der Waals surface area contributed by atoms with E-state index >= 15 is 0 Å². The van der Waals surface area contributed by atoms with Crippen molar-refractivity contribution in [2.45, 2.75) is 25.9 Å². The number of carbonyl (C=O) groups is 1. The summed E-state index contributed by atoms with van der Waals surface area (Å²) in [6.45, 7) is 5.70. The second-order valence-electron chi connectivity index (χ2n) is 8.67. The molecule has 7 heteroatoms. The molecule has 4 nitrogen and oxygen atoms in total. The lowest BCUT2D eigenvalue weighted by atomic mass is 9.99. The highest BCUT2D eigenvalue weighted by Gasteiger charge is 2.26. The van der Waals surface area contributed by atoms with Crippen molar-refractivity contribution in [1.29, 1.82) is 0 Å². The van der Waals surface area contributed by atoms with Gasteiger partial charge in [-0.15, -0.1) is 24.8 Å². The first-order valence-corrected chi connectivity index (χ1v) is 11.7. The van der Waals surface area contributed by atoms with Crippen molar-refractivity contribution in [3.8, 4) is 0 Å². The second kappa shape index (κ2) is 11.9. The van der Waals surface area contributed by atoms with Crippen LogP contribution in [0, 0.1) is 0 Å². The summed E-state index contributed by atoms with van der Waals surface area (Å²) in [7, 11) is 0. The zero-order chi connectivity index (χ0) is 21.9. The van der Waals surface area contributed by atoms with Crippen LogP contribution < -0.4 is 9.80 Å². The fourth-order valence-corrected chi connectivity index (χ4v) is 4.82. The van der Waals surface area contributed by atoms with Crippen LogP contribution in [0.3, 0.4) is 0 Å². The number of anilines is 2. The van der Waals surface area contributed by atoms with Crippen LogP contribution in [0.2, 0.25) is 5.02 Å². The average Bonchev–Trinajstić information content (AvgIpc) is 2.83. The molecule has 0 radical (unpaired) electrons. The van der Waals surface area contributed by atoms with Crippen LogP contribution in [0.1, 0.15) is 23.1 Å². The summed E-state index contributed by atoms with van der Waals surface area (Å²) in [5, 5.41) is 0.787. The van der Waals surface area contributed by atoms with Crippen molar-refractivity contribution in [3.05, 3.63) is 94.5 Å². The molecule has 1 fully saturated rings. The zero-order valence-corrected chi connectivity index (χ0v) is 21.4. The Morgan fingerprint density at radius 1 is 0.735 bits per heavy atom. The molecule has 2 aliphatic rings. The van der Waals surface area contributed by atoms with E-state index in [1.54, 1.807) is 0 Å². The maximum absolute atomic E-state index is 12.7. The summed E-state index contributed by atoms with van der Waals surface area (Å²) in [5.74, 6) is 0.213. The van der Waals surface area contributed by atoms with E-state index in [0.29, 0.717) is 13.0 Å². The smallest absolute Gasteiger partial charge is 0.227 e. The molecule has 3 aromatic rings. The lowest BCUT2D eigenvalue weighted by Crippen LogP contribution is -2.46. The Kier molecular flexibility index (Phi) is 9.26. The summed E-state index contributed by atoms with van der Waals surface area (Å²) in [6.07, 6.45) is 1.40. The first-order chi connectivity index (χ1) is 15.7. The van der Waals surface area contributed by atoms with Crippen molar-refractivity contribution in [1.82, 2.24) is 4.90 Å².